The van der Waals surface area contributed by atoms with Gasteiger partial charge in [0.2, 0.25) is 0 Å². The van der Waals surface area contributed by atoms with E-state index in [0.717, 1.165) is 37.9 Å². The Labute approximate surface area is 184 Å². The normalized spacial score (nSPS) is 17.9. The van der Waals surface area contributed by atoms with Gasteiger partial charge in [0.25, 0.3) is 0 Å². The van der Waals surface area contributed by atoms with Crippen molar-refractivity contribution in [3.63, 3.8) is 0 Å². The van der Waals surface area contributed by atoms with E-state index >= 15 is 0 Å². The summed E-state index contributed by atoms with van der Waals surface area (Å²) in [5.74, 6) is 1.15. The Bertz CT molecular complexity index is 1040. The molecule has 5 rings (SSSR count). The summed E-state index contributed by atoms with van der Waals surface area (Å²) in [4.78, 5) is 17.0. The number of rotatable bonds is 4. The third-order valence-electron chi connectivity index (χ3n) is 6.71. The molecule has 0 bridgehead atoms. The molecule has 0 unspecified atom stereocenters. The fourth-order valence-corrected chi connectivity index (χ4v) is 4.92. The average Bonchev–Trinajstić information content (AvgIpc) is 3.33. The van der Waals surface area contributed by atoms with Crippen LogP contribution in [0, 0.1) is 0 Å². The van der Waals surface area contributed by atoms with E-state index in [-0.39, 0.29) is 6.09 Å². The lowest BCUT2D eigenvalue weighted by Gasteiger charge is -2.31. The van der Waals surface area contributed by atoms with Gasteiger partial charge in [-0.25, -0.2) is 4.79 Å². The number of hydrogen-bond acceptors (Lipinski definition) is 3. The lowest BCUT2D eigenvalue weighted by atomic mass is 9.90. The van der Waals surface area contributed by atoms with E-state index in [1.165, 1.54) is 42.4 Å². The van der Waals surface area contributed by atoms with Crippen LogP contribution >= 0.6 is 0 Å². The van der Waals surface area contributed by atoms with Crippen LogP contribution in [0.1, 0.15) is 42.7 Å². The van der Waals surface area contributed by atoms with Gasteiger partial charge < -0.3 is 9.64 Å². The van der Waals surface area contributed by atoms with Crippen LogP contribution < -0.4 is 4.74 Å². The van der Waals surface area contributed by atoms with E-state index in [1.807, 2.05) is 23.1 Å². The Morgan fingerprint density at radius 1 is 0.839 bits per heavy atom. The zero-order chi connectivity index (χ0) is 21.0. The maximum absolute atomic E-state index is 12.7. The fraction of sp³-hybridized carbons (Fsp3) is 0.370. The largest absolute Gasteiger partial charge is 0.415 e. The van der Waals surface area contributed by atoms with E-state index in [0.29, 0.717) is 11.7 Å². The second kappa shape index (κ2) is 9.11. The van der Waals surface area contributed by atoms with E-state index in [9.17, 15) is 4.79 Å². The summed E-state index contributed by atoms with van der Waals surface area (Å²) >= 11 is 0. The van der Waals surface area contributed by atoms with Crippen LogP contribution in [-0.4, -0.2) is 42.1 Å². The van der Waals surface area contributed by atoms with Crippen molar-refractivity contribution in [2.45, 2.75) is 38.1 Å². The third kappa shape index (κ3) is 4.75. The van der Waals surface area contributed by atoms with Crippen molar-refractivity contribution in [2.75, 3.05) is 26.2 Å². The van der Waals surface area contributed by atoms with Crippen molar-refractivity contribution < 1.29 is 9.53 Å². The van der Waals surface area contributed by atoms with Gasteiger partial charge in [-0.3, -0.25) is 4.90 Å². The van der Waals surface area contributed by atoms with E-state index in [4.69, 9.17) is 4.74 Å². The zero-order valence-corrected chi connectivity index (χ0v) is 18.0. The first-order valence-corrected chi connectivity index (χ1v) is 11.5. The van der Waals surface area contributed by atoms with Gasteiger partial charge in [-0.1, -0.05) is 48.5 Å². The number of likely N-dealkylation sites (tertiary alicyclic amines) is 2. The second-order valence-corrected chi connectivity index (χ2v) is 8.87. The number of nitrogens with zero attached hydrogens (tertiary/aromatic N) is 2. The summed E-state index contributed by atoms with van der Waals surface area (Å²) in [6.45, 7) is 4.91. The molecule has 2 saturated heterocycles. The number of fused-ring (bicyclic) bond motifs is 1. The van der Waals surface area contributed by atoms with Crippen molar-refractivity contribution in [1.82, 2.24) is 9.80 Å². The Kier molecular flexibility index (Phi) is 5.90. The Balaban J connectivity index is 1.19. The molecule has 0 saturated carbocycles. The number of amides is 1. The Morgan fingerprint density at radius 3 is 2.32 bits per heavy atom. The van der Waals surface area contributed by atoms with E-state index < -0.39 is 0 Å². The highest BCUT2D eigenvalue weighted by atomic mass is 16.6. The Hall–Kier alpha value is -2.85. The van der Waals surface area contributed by atoms with E-state index in [2.05, 4.69) is 53.4 Å². The molecule has 4 heteroatoms. The van der Waals surface area contributed by atoms with Crippen molar-refractivity contribution in [3.05, 3.63) is 77.9 Å². The van der Waals surface area contributed by atoms with Crippen LogP contribution in [0.4, 0.5) is 4.79 Å². The van der Waals surface area contributed by atoms with Crippen LogP contribution in [0.25, 0.3) is 10.8 Å². The molecule has 2 fully saturated rings. The van der Waals surface area contributed by atoms with Crippen LogP contribution in [0.5, 0.6) is 5.75 Å². The number of ether oxygens (including phenoxy) is 1. The maximum Gasteiger partial charge on any atom is 0.415 e. The highest BCUT2D eigenvalue weighted by Gasteiger charge is 2.25. The molecule has 2 aliphatic heterocycles. The van der Waals surface area contributed by atoms with Gasteiger partial charge in [0.05, 0.1) is 0 Å². The molecule has 0 radical (unpaired) electrons. The molecule has 0 spiro atoms. The van der Waals surface area contributed by atoms with Crippen LogP contribution in [-0.2, 0) is 6.54 Å². The van der Waals surface area contributed by atoms with Crippen molar-refractivity contribution in [3.8, 4) is 5.75 Å². The summed E-state index contributed by atoms with van der Waals surface area (Å²) in [6.07, 6.45) is 4.35. The predicted octanol–water partition coefficient (Wildman–Crippen LogP) is 5.81. The van der Waals surface area contributed by atoms with Gasteiger partial charge in [-0.15, -0.1) is 0 Å². The monoisotopic (exact) mass is 414 g/mol. The molecule has 0 N–H and O–H groups in total. The molecule has 4 nitrogen and oxygen atoms in total. The lowest BCUT2D eigenvalue weighted by molar-refractivity contribution is 0.139. The average molecular weight is 415 g/mol. The van der Waals surface area contributed by atoms with Gasteiger partial charge in [0.15, 0.2) is 0 Å². The number of benzene rings is 3. The van der Waals surface area contributed by atoms with Gasteiger partial charge in [-0.05, 0) is 84.8 Å². The Morgan fingerprint density at radius 2 is 1.55 bits per heavy atom. The third-order valence-corrected chi connectivity index (χ3v) is 6.71. The highest BCUT2D eigenvalue weighted by Crippen LogP contribution is 2.29. The minimum absolute atomic E-state index is 0.239. The first-order chi connectivity index (χ1) is 15.2. The quantitative estimate of drug-likeness (QED) is 0.540. The molecule has 2 aliphatic rings. The summed E-state index contributed by atoms with van der Waals surface area (Å²) < 4.78 is 5.72. The molecule has 0 atom stereocenters. The minimum Gasteiger partial charge on any atom is -0.410 e. The summed E-state index contributed by atoms with van der Waals surface area (Å²) in [7, 11) is 0. The van der Waals surface area contributed by atoms with Gasteiger partial charge in [0, 0.05) is 19.6 Å². The first kappa shape index (κ1) is 20.1. The molecule has 3 aromatic rings. The maximum atomic E-state index is 12.7. The van der Waals surface area contributed by atoms with Crippen LogP contribution in [0.3, 0.4) is 0 Å². The summed E-state index contributed by atoms with van der Waals surface area (Å²) in [5, 5.41) is 2.30. The van der Waals surface area contributed by atoms with Gasteiger partial charge >= 0.3 is 6.09 Å². The predicted molar refractivity (Wildman–Crippen MR) is 124 cm³/mol. The number of hydrogen-bond donors (Lipinski definition) is 0. The topological polar surface area (TPSA) is 32.8 Å². The van der Waals surface area contributed by atoms with Gasteiger partial charge in [0.1, 0.15) is 5.75 Å². The van der Waals surface area contributed by atoms with Crippen molar-refractivity contribution in [1.29, 1.82) is 0 Å². The molecule has 3 aromatic carbocycles. The zero-order valence-electron chi connectivity index (χ0n) is 18.0. The second-order valence-electron chi connectivity index (χ2n) is 8.87. The number of piperidine rings is 1. The van der Waals surface area contributed by atoms with Crippen molar-refractivity contribution >= 4 is 16.9 Å². The molecule has 0 aliphatic carbocycles. The molecular weight excluding hydrogens is 384 g/mol. The molecule has 0 aromatic heterocycles. The van der Waals surface area contributed by atoms with Crippen LogP contribution in [0.15, 0.2) is 66.7 Å². The molecule has 1 amide bonds. The van der Waals surface area contributed by atoms with Gasteiger partial charge in [-0.2, -0.15) is 0 Å². The van der Waals surface area contributed by atoms with Crippen LogP contribution in [0.2, 0.25) is 0 Å². The fourth-order valence-electron chi connectivity index (χ4n) is 4.92. The smallest absolute Gasteiger partial charge is 0.410 e. The van der Waals surface area contributed by atoms with Crippen molar-refractivity contribution in [2.24, 2.45) is 0 Å². The minimum atomic E-state index is -0.239. The standard InChI is InChI=1S/C27H30N2O2/c30-27(29-16-12-23(13-17-29)22-6-2-1-3-7-22)31-26-11-10-24-18-21(8-9-25(24)19-26)20-28-14-4-5-15-28/h1-3,6-11,18-19,23H,4-5,12-17,20H2. The first-order valence-electron chi connectivity index (χ1n) is 11.5. The molecule has 160 valence electrons. The molecule has 2 heterocycles. The summed E-state index contributed by atoms with van der Waals surface area (Å²) in [6, 6.07) is 23.1. The SMILES string of the molecule is O=C(Oc1ccc2cc(CN3CCCC3)ccc2c1)N1CCC(c2ccccc2)CC1. The lowest BCUT2D eigenvalue weighted by Crippen LogP contribution is -2.39. The molecular formula is C27H30N2O2. The highest BCUT2D eigenvalue weighted by molar-refractivity contribution is 5.85. The van der Waals surface area contributed by atoms with E-state index in [1.54, 1.807) is 0 Å². The number of carbonyl (C=O) groups excluding carboxylic acids is 1. The number of carbonyl (C=O) groups is 1. The summed E-state index contributed by atoms with van der Waals surface area (Å²) in [5.41, 5.74) is 2.72. The molecule has 31 heavy (non-hydrogen) atoms.